The molecule has 29 heavy (non-hydrogen) atoms. The second-order valence-corrected chi connectivity index (χ2v) is 10.5. The lowest BCUT2D eigenvalue weighted by Crippen LogP contribution is -2.49. The number of rotatable bonds is 8. The Morgan fingerprint density at radius 2 is 1.66 bits per heavy atom. The fourth-order valence-corrected chi connectivity index (χ4v) is 4.47. The van der Waals surface area contributed by atoms with Crippen LogP contribution in [0.1, 0.15) is 36.8 Å². The van der Waals surface area contributed by atoms with E-state index >= 15 is 0 Å². The minimum Gasteiger partial charge on any atom is -0.396 e. The molecule has 0 aromatic heterocycles. The summed E-state index contributed by atoms with van der Waals surface area (Å²) >= 11 is 0. The number of aliphatic hydroxyl groups is 1. The summed E-state index contributed by atoms with van der Waals surface area (Å²) in [5, 5.41) is 18.1. The van der Waals surface area contributed by atoms with Crippen LogP contribution in [0.15, 0.2) is 48.5 Å². The third-order valence-corrected chi connectivity index (χ3v) is 8.10. The number of sulfone groups is 1. The number of hydroxylamine groups is 1. The van der Waals surface area contributed by atoms with Crippen LogP contribution >= 0.6 is 0 Å². The third kappa shape index (κ3) is 4.52. The maximum atomic E-state index is 12.0. The predicted molar refractivity (Wildman–Crippen MR) is 111 cm³/mol. The number of aliphatic hydroxyl groups excluding tert-OH is 1. The highest BCUT2D eigenvalue weighted by Gasteiger charge is 2.43. The van der Waals surface area contributed by atoms with Crippen LogP contribution in [0.25, 0.3) is 11.1 Å². The largest absolute Gasteiger partial charge is 0.396 e. The molecular formula is C22H27NO5S. The molecule has 1 saturated carbocycles. The zero-order valence-electron chi connectivity index (χ0n) is 16.6. The summed E-state index contributed by atoms with van der Waals surface area (Å²) < 4.78 is 22.4. The van der Waals surface area contributed by atoms with Crippen molar-refractivity contribution in [2.45, 2.75) is 36.9 Å². The minimum absolute atomic E-state index is 0.0691. The Morgan fingerprint density at radius 1 is 1.10 bits per heavy atom. The van der Waals surface area contributed by atoms with Crippen LogP contribution in [0.2, 0.25) is 0 Å². The highest BCUT2D eigenvalue weighted by atomic mass is 32.2. The van der Waals surface area contributed by atoms with Gasteiger partial charge >= 0.3 is 0 Å². The first-order valence-corrected chi connectivity index (χ1v) is 11.5. The highest BCUT2D eigenvalue weighted by molar-refractivity contribution is 7.92. The molecule has 2 unspecified atom stereocenters. The van der Waals surface area contributed by atoms with Crippen LogP contribution in [0.4, 0.5) is 0 Å². The van der Waals surface area contributed by atoms with Gasteiger partial charge in [-0.05, 0) is 60.3 Å². The number of hydrogen-bond acceptors (Lipinski definition) is 5. The molecule has 1 fully saturated rings. The Bertz CT molecular complexity index is 969. The number of carbonyl (C=O) groups is 1. The van der Waals surface area contributed by atoms with Crippen LogP contribution in [-0.2, 0) is 21.1 Å². The van der Waals surface area contributed by atoms with Gasteiger partial charge in [0.1, 0.15) is 4.75 Å². The molecule has 2 aromatic rings. The van der Waals surface area contributed by atoms with Crippen molar-refractivity contribution in [2.75, 3.05) is 12.9 Å². The molecule has 1 aliphatic carbocycles. The lowest BCUT2D eigenvalue weighted by atomic mass is 9.97. The second kappa shape index (κ2) is 8.26. The molecule has 0 heterocycles. The van der Waals surface area contributed by atoms with Crippen molar-refractivity contribution in [2.24, 2.45) is 5.92 Å². The van der Waals surface area contributed by atoms with Crippen molar-refractivity contribution in [1.82, 2.24) is 5.48 Å². The number of amides is 1. The molecule has 2 aromatic carbocycles. The summed E-state index contributed by atoms with van der Waals surface area (Å²) in [6, 6.07) is 16.1. The van der Waals surface area contributed by atoms with Gasteiger partial charge in [-0.2, -0.15) is 0 Å². The molecule has 0 bridgehead atoms. The first kappa shape index (κ1) is 21.5. The van der Waals surface area contributed by atoms with Crippen LogP contribution in [0.5, 0.6) is 0 Å². The smallest absolute Gasteiger partial charge is 0.264 e. The van der Waals surface area contributed by atoms with Gasteiger partial charge < -0.3 is 5.11 Å². The van der Waals surface area contributed by atoms with Gasteiger partial charge in [0.25, 0.3) is 5.91 Å². The maximum absolute atomic E-state index is 12.0. The van der Waals surface area contributed by atoms with Crippen molar-refractivity contribution in [1.29, 1.82) is 0 Å². The maximum Gasteiger partial charge on any atom is 0.264 e. The summed E-state index contributed by atoms with van der Waals surface area (Å²) in [6.45, 7) is 1.57. The standard InChI is InChI=1S/C22H27NO5S/c1-22(21(25)23-26,29(2,27)28)12-11-15-3-5-16(6-4-15)17-7-9-18(10-8-17)20-13-19(20)14-24/h3-10,19-20,24,26H,11-14H2,1-2H3,(H,23,25)/t19-,20?,22?/m0/s1. The van der Waals surface area contributed by atoms with Crippen molar-refractivity contribution in [3.8, 4) is 11.1 Å². The molecule has 1 aliphatic rings. The van der Waals surface area contributed by atoms with Gasteiger partial charge in [0.05, 0.1) is 0 Å². The lowest BCUT2D eigenvalue weighted by Gasteiger charge is -2.25. The quantitative estimate of drug-likeness (QED) is 0.453. The summed E-state index contributed by atoms with van der Waals surface area (Å²) in [5.74, 6) is -0.0572. The Hall–Kier alpha value is -2.22. The molecular weight excluding hydrogens is 390 g/mol. The first-order chi connectivity index (χ1) is 13.7. The van der Waals surface area contributed by atoms with Crippen LogP contribution in [0, 0.1) is 5.92 Å². The Balaban J connectivity index is 1.68. The molecule has 0 spiro atoms. The Kier molecular flexibility index (Phi) is 6.12. The molecule has 0 saturated heterocycles. The average molecular weight is 418 g/mol. The van der Waals surface area contributed by atoms with E-state index in [1.54, 1.807) is 0 Å². The SMILES string of the molecule is CC(CCc1ccc(-c2ccc(C3C[C@H]3CO)cc2)cc1)(C(=O)NO)S(C)(=O)=O. The second-order valence-electron chi connectivity index (χ2n) is 8.05. The van der Waals surface area contributed by atoms with Gasteiger partial charge in [0, 0.05) is 12.9 Å². The predicted octanol–water partition coefficient (Wildman–Crippen LogP) is 2.69. The molecule has 0 aliphatic heterocycles. The first-order valence-electron chi connectivity index (χ1n) is 9.64. The van der Waals surface area contributed by atoms with E-state index in [0.29, 0.717) is 18.3 Å². The molecule has 6 nitrogen and oxygen atoms in total. The molecule has 3 N–H and O–H groups in total. The van der Waals surface area contributed by atoms with Gasteiger partial charge in [0.2, 0.25) is 0 Å². The summed E-state index contributed by atoms with van der Waals surface area (Å²) in [4.78, 5) is 11.9. The molecule has 3 rings (SSSR count). The molecule has 1 amide bonds. The van der Waals surface area contributed by atoms with E-state index in [9.17, 15) is 18.3 Å². The zero-order valence-corrected chi connectivity index (χ0v) is 17.4. The molecule has 3 atom stereocenters. The highest BCUT2D eigenvalue weighted by Crippen LogP contribution is 2.47. The van der Waals surface area contributed by atoms with Crippen molar-refractivity contribution >= 4 is 15.7 Å². The van der Waals surface area contributed by atoms with E-state index in [1.165, 1.54) is 18.0 Å². The molecule has 0 radical (unpaired) electrons. The van der Waals surface area contributed by atoms with E-state index in [0.717, 1.165) is 29.4 Å². The van der Waals surface area contributed by atoms with Crippen LogP contribution < -0.4 is 5.48 Å². The van der Waals surface area contributed by atoms with E-state index in [2.05, 4.69) is 24.3 Å². The fourth-order valence-electron chi connectivity index (χ4n) is 3.61. The van der Waals surface area contributed by atoms with E-state index in [4.69, 9.17) is 5.21 Å². The zero-order chi connectivity index (χ0) is 21.2. The number of benzene rings is 2. The van der Waals surface area contributed by atoms with Crippen LogP contribution in [-0.4, -0.2) is 42.2 Å². The van der Waals surface area contributed by atoms with Gasteiger partial charge in [-0.1, -0.05) is 48.5 Å². The summed E-state index contributed by atoms with van der Waals surface area (Å²) in [5.41, 5.74) is 5.77. The van der Waals surface area contributed by atoms with Gasteiger partial charge in [-0.15, -0.1) is 0 Å². The average Bonchev–Trinajstić information content (AvgIpc) is 3.51. The fraction of sp³-hybridized carbons (Fsp3) is 0.409. The molecule has 7 heteroatoms. The van der Waals surface area contributed by atoms with Crippen LogP contribution in [0.3, 0.4) is 0 Å². The third-order valence-electron chi connectivity index (χ3n) is 6.07. The summed E-state index contributed by atoms with van der Waals surface area (Å²) in [6.07, 6.45) is 2.50. The Labute approximate surface area is 171 Å². The van der Waals surface area contributed by atoms with Crippen molar-refractivity contribution < 1.29 is 23.5 Å². The minimum atomic E-state index is -3.70. The molecule has 156 valence electrons. The van der Waals surface area contributed by atoms with Gasteiger partial charge in [-0.25, -0.2) is 13.9 Å². The lowest BCUT2D eigenvalue weighted by molar-refractivity contribution is -0.131. The normalized spacial score (nSPS) is 20.7. The van der Waals surface area contributed by atoms with Crippen molar-refractivity contribution in [3.63, 3.8) is 0 Å². The summed E-state index contributed by atoms with van der Waals surface area (Å²) in [7, 11) is -3.70. The van der Waals surface area contributed by atoms with Gasteiger partial charge in [0.15, 0.2) is 9.84 Å². The topological polar surface area (TPSA) is 104 Å². The van der Waals surface area contributed by atoms with E-state index in [1.807, 2.05) is 24.3 Å². The Morgan fingerprint density at radius 3 is 2.10 bits per heavy atom. The monoisotopic (exact) mass is 417 g/mol. The number of nitrogens with one attached hydrogen (secondary N) is 1. The van der Waals surface area contributed by atoms with E-state index < -0.39 is 20.5 Å². The number of hydrogen-bond donors (Lipinski definition) is 3. The number of aryl methyl sites for hydroxylation is 1. The number of carbonyl (C=O) groups excluding carboxylic acids is 1. The van der Waals surface area contributed by atoms with Gasteiger partial charge in [-0.3, -0.25) is 10.0 Å². The van der Waals surface area contributed by atoms with E-state index in [-0.39, 0.29) is 13.0 Å². The van der Waals surface area contributed by atoms with Crippen molar-refractivity contribution in [3.05, 3.63) is 59.7 Å².